The Bertz CT molecular complexity index is 678. The highest BCUT2D eigenvalue weighted by atomic mass is 19.1. The van der Waals surface area contributed by atoms with Gasteiger partial charge in [-0.05, 0) is 29.8 Å². The number of nitro groups is 1. The van der Waals surface area contributed by atoms with E-state index in [1.54, 1.807) is 18.2 Å². The Hall–Kier alpha value is -2.94. The molecule has 0 aromatic heterocycles. The lowest BCUT2D eigenvalue weighted by Crippen LogP contribution is -1.97. The van der Waals surface area contributed by atoms with Crippen molar-refractivity contribution in [3.05, 3.63) is 69.5 Å². The van der Waals surface area contributed by atoms with Crippen molar-refractivity contribution in [2.24, 2.45) is 0 Å². The van der Waals surface area contributed by atoms with Crippen LogP contribution in [0, 0.1) is 27.3 Å². The minimum Gasteiger partial charge on any atom is -0.489 e. The maximum atomic E-state index is 13.3. The lowest BCUT2D eigenvalue weighted by Gasteiger charge is -2.06. The van der Waals surface area contributed by atoms with Crippen molar-refractivity contribution in [1.82, 2.24) is 0 Å². The van der Waals surface area contributed by atoms with Crippen LogP contribution in [0.25, 0.3) is 0 Å². The van der Waals surface area contributed by atoms with Gasteiger partial charge in [0.15, 0.2) is 0 Å². The summed E-state index contributed by atoms with van der Waals surface area (Å²) in [7, 11) is 0. The smallest absolute Gasteiger partial charge is 0.269 e. The monoisotopic (exact) mass is 272 g/mol. The van der Waals surface area contributed by atoms with Crippen LogP contribution in [0.4, 0.5) is 10.1 Å². The van der Waals surface area contributed by atoms with Gasteiger partial charge in [-0.3, -0.25) is 10.1 Å². The van der Waals surface area contributed by atoms with Crippen molar-refractivity contribution in [2.75, 3.05) is 0 Å². The fourth-order valence-corrected chi connectivity index (χ4v) is 1.56. The van der Waals surface area contributed by atoms with Crippen molar-refractivity contribution >= 4 is 5.69 Å². The lowest BCUT2D eigenvalue weighted by atomic mass is 10.2. The topological polar surface area (TPSA) is 76.2 Å². The van der Waals surface area contributed by atoms with E-state index in [0.717, 1.165) is 11.6 Å². The van der Waals surface area contributed by atoms with Gasteiger partial charge in [-0.15, -0.1) is 0 Å². The zero-order valence-corrected chi connectivity index (χ0v) is 10.2. The van der Waals surface area contributed by atoms with E-state index >= 15 is 0 Å². The second-order valence-electron chi connectivity index (χ2n) is 3.97. The highest BCUT2D eigenvalue weighted by Crippen LogP contribution is 2.18. The molecule has 0 N–H and O–H groups in total. The summed E-state index contributed by atoms with van der Waals surface area (Å²) in [5.41, 5.74) is 0.672. The van der Waals surface area contributed by atoms with Gasteiger partial charge in [0, 0.05) is 18.2 Å². The van der Waals surface area contributed by atoms with Gasteiger partial charge in [0.1, 0.15) is 24.2 Å². The zero-order valence-electron chi connectivity index (χ0n) is 10.2. The van der Waals surface area contributed by atoms with Crippen LogP contribution in [0.2, 0.25) is 0 Å². The molecule has 0 spiro atoms. The molecule has 0 saturated heterocycles. The first-order valence-electron chi connectivity index (χ1n) is 5.66. The third-order valence-electron chi connectivity index (χ3n) is 2.61. The molecule has 0 aliphatic carbocycles. The van der Waals surface area contributed by atoms with E-state index in [0.29, 0.717) is 5.75 Å². The van der Waals surface area contributed by atoms with E-state index in [-0.39, 0.29) is 17.9 Å². The molecule has 0 bridgehead atoms. The molecule has 0 aliphatic rings. The molecule has 2 rings (SSSR count). The number of nitrogens with zero attached hydrogens (tertiary/aromatic N) is 2. The largest absolute Gasteiger partial charge is 0.489 e. The minimum absolute atomic E-state index is 0.00170. The Balaban J connectivity index is 2.03. The van der Waals surface area contributed by atoms with Crippen LogP contribution >= 0.6 is 0 Å². The fourth-order valence-electron chi connectivity index (χ4n) is 1.56. The normalized spacial score (nSPS) is 9.80. The minimum atomic E-state index is -0.645. The van der Waals surface area contributed by atoms with E-state index in [4.69, 9.17) is 10.00 Å². The number of non-ortho nitro benzene ring substituents is 1. The molecule has 6 heteroatoms. The zero-order chi connectivity index (χ0) is 14.5. The van der Waals surface area contributed by atoms with Crippen molar-refractivity contribution in [3.8, 4) is 11.8 Å². The number of nitriles is 1. The Morgan fingerprint density at radius 2 is 1.95 bits per heavy atom. The first-order chi connectivity index (χ1) is 9.60. The summed E-state index contributed by atoms with van der Waals surface area (Å²) in [6.07, 6.45) is 0. The van der Waals surface area contributed by atoms with Crippen LogP contribution in [0.1, 0.15) is 11.1 Å². The van der Waals surface area contributed by atoms with Crippen molar-refractivity contribution in [1.29, 1.82) is 5.26 Å². The van der Waals surface area contributed by atoms with E-state index in [2.05, 4.69) is 0 Å². The Labute approximate surface area is 114 Å². The van der Waals surface area contributed by atoms with E-state index in [1.807, 2.05) is 0 Å². The first kappa shape index (κ1) is 13.5. The average Bonchev–Trinajstić information content (AvgIpc) is 2.45. The molecule has 0 fully saturated rings. The van der Waals surface area contributed by atoms with Gasteiger partial charge in [0.2, 0.25) is 0 Å². The quantitative estimate of drug-likeness (QED) is 0.632. The maximum Gasteiger partial charge on any atom is 0.269 e. The van der Waals surface area contributed by atoms with Gasteiger partial charge in [-0.2, -0.15) is 5.26 Å². The lowest BCUT2D eigenvalue weighted by molar-refractivity contribution is -0.384. The van der Waals surface area contributed by atoms with E-state index in [9.17, 15) is 14.5 Å². The number of benzene rings is 2. The molecule has 0 radical (unpaired) electrons. The Morgan fingerprint density at radius 1 is 1.25 bits per heavy atom. The number of rotatable bonds is 4. The van der Waals surface area contributed by atoms with Gasteiger partial charge in [-0.1, -0.05) is 0 Å². The summed E-state index contributed by atoms with van der Waals surface area (Å²) < 4.78 is 18.7. The maximum absolute atomic E-state index is 13.3. The molecular formula is C14H9FN2O3. The third-order valence-corrected chi connectivity index (χ3v) is 2.61. The van der Waals surface area contributed by atoms with Gasteiger partial charge >= 0.3 is 0 Å². The van der Waals surface area contributed by atoms with Crippen LogP contribution in [0.3, 0.4) is 0 Å². The van der Waals surface area contributed by atoms with Crippen LogP contribution in [0.5, 0.6) is 5.75 Å². The Morgan fingerprint density at radius 3 is 2.50 bits per heavy atom. The Kier molecular flexibility index (Phi) is 3.91. The fraction of sp³-hybridized carbons (Fsp3) is 0.0714. The molecule has 0 atom stereocenters. The summed E-state index contributed by atoms with van der Waals surface area (Å²) in [6, 6.07) is 11.6. The highest BCUT2D eigenvalue weighted by Gasteiger charge is 2.06. The highest BCUT2D eigenvalue weighted by molar-refractivity contribution is 5.37. The predicted octanol–water partition coefficient (Wildman–Crippen LogP) is 3.18. The summed E-state index contributed by atoms with van der Waals surface area (Å²) in [4.78, 5) is 10.0. The van der Waals surface area contributed by atoms with Crippen molar-refractivity contribution in [2.45, 2.75) is 6.61 Å². The summed E-state index contributed by atoms with van der Waals surface area (Å²) in [6.45, 7) is 0.156. The van der Waals surface area contributed by atoms with Crippen LogP contribution in [0.15, 0.2) is 42.5 Å². The van der Waals surface area contributed by atoms with Crippen molar-refractivity contribution in [3.63, 3.8) is 0 Å². The van der Waals surface area contributed by atoms with Crippen LogP contribution in [-0.2, 0) is 6.61 Å². The van der Waals surface area contributed by atoms with Gasteiger partial charge < -0.3 is 4.74 Å². The SMILES string of the molecule is N#Cc1ccc(OCc2ccc([N+](=O)[O-])cc2)cc1F. The number of nitro benzene ring substituents is 1. The second kappa shape index (κ2) is 5.80. The van der Waals surface area contributed by atoms with Gasteiger partial charge in [-0.25, -0.2) is 4.39 Å². The summed E-state index contributed by atoms with van der Waals surface area (Å²) >= 11 is 0. The molecule has 20 heavy (non-hydrogen) atoms. The molecule has 0 amide bonds. The summed E-state index contributed by atoms with van der Waals surface area (Å²) in [5.74, 6) is -0.353. The second-order valence-corrected chi connectivity index (χ2v) is 3.97. The van der Waals surface area contributed by atoms with Crippen LogP contribution in [-0.4, -0.2) is 4.92 Å². The summed E-state index contributed by atoms with van der Waals surface area (Å²) in [5, 5.41) is 19.1. The molecule has 5 nitrogen and oxygen atoms in total. The van der Waals surface area contributed by atoms with E-state index < -0.39 is 10.7 Å². The van der Waals surface area contributed by atoms with Crippen LogP contribution < -0.4 is 4.74 Å². The standard InChI is InChI=1S/C14H9FN2O3/c15-14-7-13(6-3-11(14)8-16)20-9-10-1-4-12(5-2-10)17(18)19/h1-7H,9H2. The van der Waals surface area contributed by atoms with Gasteiger partial charge in [0.05, 0.1) is 10.5 Å². The number of halogens is 1. The number of hydrogen-bond acceptors (Lipinski definition) is 4. The molecule has 100 valence electrons. The number of hydrogen-bond donors (Lipinski definition) is 0. The van der Waals surface area contributed by atoms with E-state index in [1.165, 1.54) is 24.3 Å². The molecule has 0 aliphatic heterocycles. The number of ether oxygens (including phenoxy) is 1. The molecular weight excluding hydrogens is 263 g/mol. The third kappa shape index (κ3) is 3.09. The molecule has 0 saturated carbocycles. The average molecular weight is 272 g/mol. The van der Waals surface area contributed by atoms with Crippen molar-refractivity contribution < 1.29 is 14.1 Å². The molecule has 2 aromatic carbocycles. The van der Waals surface area contributed by atoms with Gasteiger partial charge in [0.25, 0.3) is 5.69 Å². The molecule has 0 unspecified atom stereocenters. The first-order valence-corrected chi connectivity index (χ1v) is 5.66. The predicted molar refractivity (Wildman–Crippen MR) is 68.5 cm³/mol. The molecule has 0 heterocycles. The molecule has 2 aromatic rings.